The summed E-state index contributed by atoms with van der Waals surface area (Å²) in [7, 11) is 0. The second-order valence-electron chi connectivity index (χ2n) is 12.7. The molecule has 0 radical (unpaired) electrons. The topological polar surface area (TPSA) is 87.7 Å². The smallest absolute Gasteiger partial charge is 0.408 e. The Bertz CT molecular complexity index is 928. The summed E-state index contributed by atoms with van der Waals surface area (Å²) in [4.78, 5) is 42.6. The molecular formula is C30H51N3O4. The Hall–Kier alpha value is -2.57. The van der Waals surface area contributed by atoms with E-state index in [2.05, 4.69) is 17.6 Å². The summed E-state index contributed by atoms with van der Waals surface area (Å²) in [5.41, 5.74) is 1.38. The Balaban J connectivity index is 3.64. The zero-order valence-corrected chi connectivity index (χ0v) is 25.2. The fraction of sp³-hybridized carbons (Fsp3) is 0.700. The van der Waals surface area contributed by atoms with Gasteiger partial charge in [0, 0.05) is 11.6 Å². The summed E-state index contributed by atoms with van der Waals surface area (Å²) < 4.78 is 5.47. The van der Waals surface area contributed by atoms with Crippen molar-refractivity contribution < 1.29 is 19.1 Å². The van der Waals surface area contributed by atoms with E-state index < -0.39 is 29.3 Å². The van der Waals surface area contributed by atoms with Crippen LogP contribution in [0.25, 0.3) is 0 Å². The first-order chi connectivity index (χ1) is 16.9. The van der Waals surface area contributed by atoms with Gasteiger partial charge in [0.05, 0.1) is 0 Å². The van der Waals surface area contributed by atoms with Gasteiger partial charge in [0.2, 0.25) is 11.8 Å². The molecule has 0 fully saturated rings. The van der Waals surface area contributed by atoms with Gasteiger partial charge in [-0.1, -0.05) is 51.0 Å². The molecule has 210 valence electrons. The fourth-order valence-corrected chi connectivity index (χ4v) is 4.51. The van der Waals surface area contributed by atoms with Crippen molar-refractivity contribution in [3.8, 4) is 0 Å². The number of amides is 3. The lowest BCUT2D eigenvalue weighted by molar-refractivity contribution is -0.149. The summed E-state index contributed by atoms with van der Waals surface area (Å²) in [5, 5.41) is 5.94. The van der Waals surface area contributed by atoms with Crippen molar-refractivity contribution in [1.29, 1.82) is 0 Å². The first kappa shape index (κ1) is 32.5. The van der Waals surface area contributed by atoms with Crippen molar-refractivity contribution in [3.63, 3.8) is 0 Å². The lowest BCUT2D eigenvalue weighted by Gasteiger charge is -2.44. The minimum Gasteiger partial charge on any atom is -0.444 e. The number of ether oxygens (including phenoxy) is 1. The molecule has 37 heavy (non-hydrogen) atoms. The Labute approximate surface area is 225 Å². The number of rotatable bonds is 10. The van der Waals surface area contributed by atoms with Crippen LogP contribution in [0.3, 0.4) is 0 Å². The molecular weight excluding hydrogens is 466 g/mol. The summed E-state index contributed by atoms with van der Waals surface area (Å²) in [6, 6.07) is 4.19. The maximum atomic E-state index is 14.3. The Morgan fingerprint density at radius 2 is 1.57 bits per heavy atom. The molecule has 1 aromatic carbocycles. The predicted molar refractivity (Wildman–Crippen MR) is 150 cm³/mol. The molecule has 0 aliphatic rings. The van der Waals surface area contributed by atoms with E-state index in [1.54, 1.807) is 25.7 Å². The number of aryl methyl sites for hydroxylation is 2. The molecule has 0 aromatic heterocycles. The number of benzene rings is 1. The first-order valence-electron chi connectivity index (χ1n) is 13.6. The van der Waals surface area contributed by atoms with Crippen LogP contribution in [-0.2, 0) is 14.3 Å². The summed E-state index contributed by atoms with van der Waals surface area (Å²) in [5.74, 6) is -0.407. The van der Waals surface area contributed by atoms with Crippen molar-refractivity contribution in [2.24, 2.45) is 5.92 Å². The molecule has 7 heteroatoms. The average Bonchev–Trinajstić information content (AvgIpc) is 2.69. The fourth-order valence-electron chi connectivity index (χ4n) is 4.51. The van der Waals surface area contributed by atoms with Crippen molar-refractivity contribution in [2.45, 2.75) is 132 Å². The summed E-state index contributed by atoms with van der Waals surface area (Å²) in [6.45, 7) is 23.1. The van der Waals surface area contributed by atoms with Crippen LogP contribution in [0, 0.1) is 19.8 Å². The van der Waals surface area contributed by atoms with Crippen LogP contribution in [0.5, 0.6) is 0 Å². The van der Waals surface area contributed by atoms with Gasteiger partial charge < -0.3 is 20.3 Å². The van der Waals surface area contributed by atoms with Crippen LogP contribution in [0.2, 0.25) is 0 Å². The van der Waals surface area contributed by atoms with Gasteiger partial charge in [-0.05, 0) is 92.2 Å². The van der Waals surface area contributed by atoms with Crippen LogP contribution in [0.4, 0.5) is 4.79 Å². The molecule has 3 unspecified atom stereocenters. The van der Waals surface area contributed by atoms with Gasteiger partial charge >= 0.3 is 6.09 Å². The first-order valence-corrected chi connectivity index (χ1v) is 13.6. The third kappa shape index (κ3) is 10.4. The summed E-state index contributed by atoms with van der Waals surface area (Å²) >= 11 is 0. The molecule has 1 rings (SSSR count). The normalized spacial score (nSPS) is 14.5. The molecule has 3 amide bonds. The van der Waals surface area contributed by atoms with Gasteiger partial charge in [0.15, 0.2) is 0 Å². The zero-order chi connectivity index (χ0) is 28.7. The van der Waals surface area contributed by atoms with Crippen LogP contribution in [0.1, 0.15) is 111 Å². The molecule has 0 heterocycles. The van der Waals surface area contributed by atoms with Gasteiger partial charge in [-0.2, -0.15) is 0 Å². The molecule has 0 bridgehead atoms. The number of carbonyl (C=O) groups is 3. The standard InChI is InChI=1S/C30H51N3O4/c1-13-14-22(6)31-26(34)25(23-16-15-20(4)18-21(23)5)33(29(7,8)9)27(35)24(17-19(2)3)32-28(36)37-30(10,11)12/h15-16,18-19,22,24-25H,13-14,17H2,1-12H3,(H,31,34)(H,32,36). The molecule has 2 N–H and O–H groups in total. The Kier molecular flexibility index (Phi) is 11.7. The largest absolute Gasteiger partial charge is 0.444 e. The Morgan fingerprint density at radius 3 is 2.03 bits per heavy atom. The van der Waals surface area contributed by atoms with Gasteiger partial charge in [0.1, 0.15) is 17.7 Å². The van der Waals surface area contributed by atoms with E-state index in [-0.39, 0.29) is 23.8 Å². The molecule has 7 nitrogen and oxygen atoms in total. The molecule has 0 aliphatic carbocycles. The third-order valence-corrected chi connectivity index (χ3v) is 5.99. The lowest BCUT2D eigenvalue weighted by Crippen LogP contribution is -2.59. The number of nitrogens with one attached hydrogen (secondary N) is 2. The van der Waals surface area contributed by atoms with Crippen molar-refractivity contribution in [1.82, 2.24) is 15.5 Å². The van der Waals surface area contributed by atoms with E-state index in [1.165, 1.54) is 0 Å². The average molecular weight is 518 g/mol. The maximum Gasteiger partial charge on any atom is 0.408 e. The van der Waals surface area contributed by atoms with E-state index in [0.29, 0.717) is 6.42 Å². The van der Waals surface area contributed by atoms with Gasteiger partial charge in [0.25, 0.3) is 0 Å². The quantitative estimate of drug-likeness (QED) is 0.386. The van der Waals surface area contributed by atoms with Crippen LogP contribution in [0.15, 0.2) is 18.2 Å². The van der Waals surface area contributed by atoms with E-state index in [0.717, 1.165) is 29.5 Å². The van der Waals surface area contributed by atoms with Crippen LogP contribution in [-0.4, -0.2) is 46.0 Å². The second-order valence-corrected chi connectivity index (χ2v) is 12.7. The number of nitrogens with zero attached hydrogens (tertiary/aromatic N) is 1. The molecule has 0 saturated heterocycles. The third-order valence-electron chi connectivity index (χ3n) is 5.99. The zero-order valence-electron chi connectivity index (χ0n) is 25.2. The highest BCUT2D eigenvalue weighted by Gasteiger charge is 2.42. The van der Waals surface area contributed by atoms with E-state index >= 15 is 0 Å². The van der Waals surface area contributed by atoms with E-state index in [4.69, 9.17) is 4.74 Å². The van der Waals surface area contributed by atoms with Gasteiger partial charge in [-0.3, -0.25) is 9.59 Å². The highest BCUT2D eigenvalue weighted by atomic mass is 16.6. The molecule has 0 saturated carbocycles. The van der Waals surface area contributed by atoms with Gasteiger partial charge in [-0.15, -0.1) is 0 Å². The highest BCUT2D eigenvalue weighted by Crippen LogP contribution is 2.33. The van der Waals surface area contributed by atoms with Crippen LogP contribution >= 0.6 is 0 Å². The molecule has 1 aromatic rings. The number of alkyl carbamates (subject to hydrolysis) is 1. The van der Waals surface area contributed by atoms with Crippen molar-refractivity contribution in [3.05, 3.63) is 34.9 Å². The minimum absolute atomic E-state index is 0.0333. The van der Waals surface area contributed by atoms with E-state index in [1.807, 2.05) is 73.6 Å². The molecule has 3 atom stereocenters. The number of hydrogen-bond donors (Lipinski definition) is 2. The van der Waals surface area contributed by atoms with Crippen LogP contribution < -0.4 is 10.6 Å². The van der Waals surface area contributed by atoms with Gasteiger partial charge in [-0.25, -0.2) is 4.79 Å². The lowest BCUT2D eigenvalue weighted by atomic mass is 9.91. The minimum atomic E-state index is -0.859. The van der Waals surface area contributed by atoms with Crippen molar-refractivity contribution >= 4 is 17.9 Å². The summed E-state index contributed by atoms with van der Waals surface area (Å²) in [6.07, 6.45) is 1.54. The monoisotopic (exact) mass is 517 g/mol. The van der Waals surface area contributed by atoms with E-state index in [9.17, 15) is 14.4 Å². The SMILES string of the molecule is CCCC(C)NC(=O)C(c1ccc(C)cc1C)N(C(=O)C(CC(C)C)NC(=O)OC(C)(C)C)C(C)(C)C. The maximum absolute atomic E-state index is 14.3. The molecule has 0 spiro atoms. The second kappa shape index (κ2) is 13.3. The highest BCUT2D eigenvalue weighted by molar-refractivity contribution is 5.93. The number of hydrogen-bond acceptors (Lipinski definition) is 4. The Morgan fingerprint density at radius 1 is 0.973 bits per heavy atom. The number of carbonyl (C=O) groups excluding carboxylic acids is 3. The molecule has 0 aliphatic heterocycles. The predicted octanol–water partition coefficient (Wildman–Crippen LogP) is 6.22. The van der Waals surface area contributed by atoms with Crippen molar-refractivity contribution in [2.75, 3.05) is 0 Å².